The zero-order valence-electron chi connectivity index (χ0n) is 14.4. The van der Waals surface area contributed by atoms with E-state index in [2.05, 4.69) is 19.2 Å². The fraction of sp³-hybridized carbons (Fsp3) is 0.529. The van der Waals surface area contributed by atoms with Crippen LogP contribution in [0.4, 0.5) is 11.4 Å². The quantitative estimate of drug-likeness (QED) is 0.364. The Morgan fingerprint density at radius 1 is 1.36 bits per heavy atom. The molecule has 1 aliphatic carbocycles. The third-order valence-corrected chi connectivity index (χ3v) is 4.85. The molecular formula is C17H23N3O5. The van der Waals surface area contributed by atoms with Crippen LogP contribution in [0, 0.1) is 22.0 Å². The van der Waals surface area contributed by atoms with Gasteiger partial charge < -0.3 is 15.8 Å². The van der Waals surface area contributed by atoms with Gasteiger partial charge in [0.2, 0.25) is 0 Å². The van der Waals surface area contributed by atoms with Gasteiger partial charge in [-0.2, -0.15) is 0 Å². The van der Waals surface area contributed by atoms with Crippen LogP contribution in [0.2, 0.25) is 0 Å². The van der Waals surface area contributed by atoms with Gasteiger partial charge in [-0.05, 0) is 30.4 Å². The second-order valence-corrected chi connectivity index (χ2v) is 6.55. The summed E-state index contributed by atoms with van der Waals surface area (Å²) in [6, 6.07) is 3.71. The van der Waals surface area contributed by atoms with Gasteiger partial charge in [0.15, 0.2) is 6.61 Å². The van der Waals surface area contributed by atoms with E-state index in [0.717, 1.165) is 25.3 Å². The van der Waals surface area contributed by atoms with Crippen molar-refractivity contribution in [3.05, 3.63) is 33.9 Å². The number of nitro groups is 1. The first-order valence-corrected chi connectivity index (χ1v) is 8.30. The van der Waals surface area contributed by atoms with Crippen molar-refractivity contribution in [1.29, 1.82) is 0 Å². The molecule has 0 heterocycles. The van der Waals surface area contributed by atoms with Crippen molar-refractivity contribution in [3.8, 4) is 0 Å². The molecule has 2 rings (SSSR count). The number of nitrogens with two attached hydrogens (primary N) is 1. The monoisotopic (exact) mass is 349 g/mol. The second kappa shape index (κ2) is 7.96. The van der Waals surface area contributed by atoms with Gasteiger partial charge in [0, 0.05) is 12.1 Å². The molecule has 25 heavy (non-hydrogen) atoms. The fourth-order valence-corrected chi connectivity index (χ4v) is 3.08. The van der Waals surface area contributed by atoms with E-state index in [1.165, 1.54) is 12.1 Å². The van der Waals surface area contributed by atoms with Crippen molar-refractivity contribution in [2.75, 3.05) is 12.3 Å². The molecule has 1 amide bonds. The van der Waals surface area contributed by atoms with E-state index < -0.39 is 17.5 Å². The smallest absolute Gasteiger partial charge is 0.338 e. The van der Waals surface area contributed by atoms with Crippen molar-refractivity contribution in [2.45, 2.75) is 39.2 Å². The van der Waals surface area contributed by atoms with Crippen LogP contribution in [0.5, 0.6) is 0 Å². The molecule has 1 saturated carbocycles. The predicted molar refractivity (Wildman–Crippen MR) is 91.9 cm³/mol. The van der Waals surface area contributed by atoms with Crippen LogP contribution in [0.15, 0.2) is 18.2 Å². The highest BCUT2D eigenvalue weighted by Crippen LogP contribution is 2.29. The number of ether oxygens (including phenoxy) is 1. The molecule has 8 nitrogen and oxygen atoms in total. The Bertz CT molecular complexity index is 676. The van der Waals surface area contributed by atoms with Crippen molar-refractivity contribution in [2.24, 2.45) is 11.8 Å². The highest BCUT2D eigenvalue weighted by molar-refractivity contribution is 5.92. The lowest BCUT2D eigenvalue weighted by molar-refractivity contribution is -0.383. The molecule has 1 fully saturated rings. The highest BCUT2D eigenvalue weighted by Gasteiger charge is 2.28. The largest absolute Gasteiger partial charge is 0.452 e. The first-order chi connectivity index (χ1) is 11.8. The van der Waals surface area contributed by atoms with E-state index in [9.17, 15) is 19.7 Å². The minimum atomic E-state index is -0.802. The number of nitrogens with zero attached hydrogens (tertiary/aromatic N) is 1. The summed E-state index contributed by atoms with van der Waals surface area (Å²) in [7, 11) is 0. The van der Waals surface area contributed by atoms with Crippen molar-refractivity contribution in [3.63, 3.8) is 0 Å². The number of esters is 1. The third kappa shape index (κ3) is 4.68. The van der Waals surface area contributed by atoms with Crippen LogP contribution in [0.25, 0.3) is 0 Å². The van der Waals surface area contributed by atoms with Gasteiger partial charge in [-0.15, -0.1) is 0 Å². The number of carbonyl (C=O) groups is 2. The summed E-state index contributed by atoms with van der Waals surface area (Å²) in [4.78, 5) is 34.2. The number of hydrogen-bond acceptors (Lipinski definition) is 6. The summed E-state index contributed by atoms with van der Waals surface area (Å²) in [5.41, 5.74) is 5.05. The Morgan fingerprint density at radius 3 is 2.76 bits per heavy atom. The second-order valence-electron chi connectivity index (χ2n) is 6.55. The Kier molecular flexibility index (Phi) is 5.95. The zero-order valence-corrected chi connectivity index (χ0v) is 14.4. The Balaban J connectivity index is 1.90. The maximum Gasteiger partial charge on any atom is 0.338 e. The molecular weight excluding hydrogens is 326 g/mol. The topological polar surface area (TPSA) is 125 Å². The third-order valence-electron chi connectivity index (χ3n) is 4.85. The molecule has 0 aliphatic heterocycles. The van der Waals surface area contributed by atoms with Crippen LogP contribution in [0.1, 0.15) is 43.5 Å². The van der Waals surface area contributed by atoms with E-state index in [0.29, 0.717) is 11.8 Å². The van der Waals surface area contributed by atoms with E-state index in [4.69, 9.17) is 10.5 Å². The standard InChI is InChI=1S/C17H23N3O5/c1-10-4-3-5-14(11(10)2)19-16(21)9-25-17(22)12-6-7-13(18)15(8-12)20(23)24/h6-8,10-11,14H,3-5,9,18H2,1-2H3,(H,19,21)/t10-,11+,14+/m0/s1. The van der Waals surface area contributed by atoms with Gasteiger partial charge in [-0.1, -0.05) is 26.7 Å². The minimum absolute atomic E-state index is 0.0200. The lowest BCUT2D eigenvalue weighted by Crippen LogP contribution is -2.45. The van der Waals surface area contributed by atoms with Gasteiger partial charge in [0.05, 0.1) is 10.5 Å². The summed E-state index contributed by atoms with van der Waals surface area (Å²) in [5, 5.41) is 13.8. The number of anilines is 1. The van der Waals surface area contributed by atoms with Crippen LogP contribution in [-0.2, 0) is 9.53 Å². The maximum absolute atomic E-state index is 12.0. The number of nitrogens with one attached hydrogen (secondary N) is 1. The minimum Gasteiger partial charge on any atom is -0.452 e. The van der Waals surface area contributed by atoms with E-state index in [-0.39, 0.29) is 28.9 Å². The SMILES string of the molecule is C[C@@H]1[C@@H](C)CCC[C@H]1NC(=O)COC(=O)c1ccc(N)c([N+](=O)[O-])c1. The Labute approximate surface area is 145 Å². The maximum atomic E-state index is 12.0. The van der Waals surface area contributed by atoms with E-state index >= 15 is 0 Å². The predicted octanol–water partition coefficient (Wildman–Crippen LogP) is 2.27. The van der Waals surface area contributed by atoms with Crippen LogP contribution >= 0.6 is 0 Å². The number of nitrogen functional groups attached to an aromatic ring is 1. The zero-order chi connectivity index (χ0) is 18.6. The molecule has 0 spiro atoms. The highest BCUT2D eigenvalue weighted by atomic mass is 16.6. The van der Waals surface area contributed by atoms with Crippen LogP contribution in [-0.4, -0.2) is 29.4 Å². The van der Waals surface area contributed by atoms with Crippen molar-refractivity contribution >= 4 is 23.3 Å². The molecule has 3 N–H and O–H groups in total. The molecule has 0 saturated heterocycles. The van der Waals surface area contributed by atoms with Gasteiger partial charge in [-0.3, -0.25) is 14.9 Å². The lowest BCUT2D eigenvalue weighted by atomic mass is 9.78. The normalized spacial score (nSPS) is 22.9. The summed E-state index contributed by atoms with van der Waals surface area (Å²) in [6.45, 7) is 3.85. The molecule has 3 atom stereocenters. The molecule has 0 aromatic heterocycles. The number of benzene rings is 1. The lowest BCUT2D eigenvalue weighted by Gasteiger charge is -2.34. The van der Waals surface area contributed by atoms with Gasteiger partial charge in [0.1, 0.15) is 5.69 Å². The van der Waals surface area contributed by atoms with Crippen LogP contribution < -0.4 is 11.1 Å². The molecule has 8 heteroatoms. The summed E-state index contributed by atoms with van der Waals surface area (Å²) < 4.78 is 4.95. The Hall–Kier alpha value is -2.64. The van der Waals surface area contributed by atoms with Crippen molar-refractivity contribution in [1.82, 2.24) is 5.32 Å². The number of amides is 1. The molecule has 1 aliphatic rings. The molecule has 1 aromatic carbocycles. The first kappa shape index (κ1) is 18.7. The summed E-state index contributed by atoms with van der Waals surface area (Å²) in [5.74, 6) is -0.266. The number of nitro benzene ring substituents is 1. The Morgan fingerprint density at radius 2 is 2.08 bits per heavy atom. The number of rotatable bonds is 5. The van der Waals surface area contributed by atoms with Gasteiger partial charge >= 0.3 is 5.97 Å². The van der Waals surface area contributed by atoms with Crippen LogP contribution in [0.3, 0.4) is 0 Å². The average Bonchev–Trinajstić information content (AvgIpc) is 2.57. The molecule has 0 bridgehead atoms. The van der Waals surface area contributed by atoms with Gasteiger partial charge in [-0.25, -0.2) is 4.79 Å². The molecule has 136 valence electrons. The van der Waals surface area contributed by atoms with Crippen molar-refractivity contribution < 1.29 is 19.2 Å². The van der Waals surface area contributed by atoms with E-state index in [1.54, 1.807) is 0 Å². The first-order valence-electron chi connectivity index (χ1n) is 8.30. The molecule has 1 aromatic rings. The summed E-state index contributed by atoms with van der Waals surface area (Å²) >= 11 is 0. The van der Waals surface area contributed by atoms with E-state index in [1.807, 2.05) is 0 Å². The van der Waals surface area contributed by atoms with Gasteiger partial charge in [0.25, 0.3) is 11.6 Å². The average molecular weight is 349 g/mol. The number of carbonyl (C=O) groups excluding carboxylic acids is 2. The summed E-state index contributed by atoms with van der Waals surface area (Å²) in [6.07, 6.45) is 3.12. The number of hydrogen-bond donors (Lipinski definition) is 2. The molecule has 0 unspecified atom stereocenters. The molecule has 0 radical (unpaired) electrons. The fourth-order valence-electron chi connectivity index (χ4n) is 3.08.